The van der Waals surface area contributed by atoms with Crippen LogP contribution < -0.4 is 0 Å². The molecule has 2 aliphatic heterocycles. The van der Waals surface area contributed by atoms with Crippen LogP contribution in [-0.2, 0) is 6.54 Å². The zero-order valence-electron chi connectivity index (χ0n) is 26.3. The highest BCUT2D eigenvalue weighted by Crippen LogP contribution is 2.45. The number of likely N-dealkylation sites (N-methyl/N-ethyl adjacent to an activating group) is 2. The second-order valence-electron chi connectivity index (χ2n) is 13.7. The fourth-order valence-electron chi connectivity index (χ4n) is 7.25. The van der Waals surface area contributed by atoms with Crippen molar-refractivity contribution in [2.75, 3.05) is 40.3 Å². The maximum atomic E-state index is 13.7. The summed E-state index contributed by atoms with van der Waals surface area (Å²) < 4.78 is 15.3. The van der Waals surface area contributed by atoms with Crippen LogP contribution in [0.15, 0.2) is 48.8 Å². The summed E-state index contributed by atoms with van der Waals surface area (Å²) in [5.74, 6) is -0.325. The van der Waals surface area contributed by atoms with Gasteiger partial charge in [-0.15, -0.1) is 16.4 Å². The Kier molecular flexibility index (Phi) is 8.54. The number of likely N-dealkylation sites (tertiary alicyclic amines) is 2. The minimum Gasteiger partial charge on any atom is -0.336 e. The van der Waals surface area contributed by atoms with Crippen molar-refractivity contribution in [2.24, 2.45) is 5.41 Å². The van der Waals surface area contributed by atoms with Gasteiger partial charge in [0, 0.05) is 62.9 Å². The molecule has 44 heavy (non-hydrogen) atoms. The second-order valence-corrected chi connectivity index (χ2v) is 14.8. The number of nitrogens with zero attached hydrogens (tertiary/aromatic N) is 7. The Morgan fingerprint density at radius 1 is 0.955 bits per heavy atom. The first-order valence-corrected chi connectivity index (χ1v) is 16.6. The van der Waals surface area contributed by atoms with E-state index in [1.54, 1.807) is 23.2 Å². The first kappa shape index (κ1) is 30.7. The normalized spacial score (nSPS) is 23.2. The third-order valence-corrected chi connectivity index (χ3v) is 11.5. The van der Waals surface area contributed by atoms with Crippen molar-refractivity contribution >= 4 is 23.3 Å². The first-order valence-electron chi connectivity index (χ1n) is 15.8. The summed E-state index contributed by atoms with van der Waals surface area (Å²) in [5.41, 5.74) is 1.27. The van der Waals surface area contributed by atoms with E-state index in [4.69, 9.17) is 0 Å². The molecule has 9 nitrogen and oxygen atoms in total. The van der Waals surface area contributed by atoms with Gasteiger partial charge < -0.3 is 14.7 Å². The van der Waals surface area contributed by atoms with Crippen LogP contribution in [-0.4, -0.2) is 104 Å². The molecule has 1 saturated carbocycles. The Bertz CT molecular complexity index is 1450. The number of carbonyl (C=O) groups is 2. The molecule has 2 aromatic heterocycles. The Morgan fingerprint density at radius 3 is 2.36 bits per heavy atom. The van der Waals surface area contributed by atoms with Crippen LogP contribution >= 0.6 is 11.3 Å². The highest BCUT2D eigenvalue weighted by molar-refractivity contribution is 7.17. The maximum absolute atomic E-state index is 13.7. The van der Waals surface area contributed by atoms with E-state index in [1.807, 2.05) is 46.9 Å². The molecule has 0 spiro atoms. The molecule has 2 unspecified atom stereocenters. The standard InChI is InChI=1S/C33H44FN7O2S/c1-32(2)13-15-33(16-14-32,23-41-20-17-35-36-41)40-19-12-27(22-40)38(4)31(43)39-18-11-26(21-39)37(3)30(42)29-10-9-28(44-29)24-5-7-25(34)8-6-24/h5-10,17,20,26-27H,11-16,18-19,21-23H2,1-4H3. The summed E-state index contributed by atoms with van der Waals surface area (Å²) >= 11 is 1.41. The molecule has 0 N–H and O–H groups in total. The van der Waals surface area contributed by atoms with E-state index in [1.165, 1.54) is 36.3 Å². The zero-order valence-corrected chi connectivity index (χ0v) is 27.1. The summed E-state index contributed by atoms with van der Waals surface area (Å²) in [5, 5.41) is 8.35. The van der Waals surface area contributed by atoms with Crippen molar-refractivity contribution in [2.45, 2.75) is 76.5 Å². The number of urea groups is 1. The van der Waals surface area contributed by atoms with Gasteiger partial charge in [-0.25, -0.2) is 9.18 Å². The molecule has 11 heteroatoms. The average Bonchev–Trinajstić information content (AvgIpc) is 3.85. The Balaban J connectivity index is 1.05. The van der Waals surface area contributed by atoms with Gasteiger partial charge in [-0.05, 0) is 73.8 Å². The fourth-order valence-corrected chi connectivity index (χ4v) is 8.24. The maximum Gasteiger partial charge on any atom is 0.320 e. The number of hydrogen-bond acceptors (Lipinski definition) is 6. The van der Waals surface area contributed by atoms with Crippen molar-refractivity contribution in [3.05, 3.63) is 59.5 Å². The molecule has 6 rings (SSSR count). The van der Waals surface area contributed by atoms with E-state index in [2.05, 4.69) is 29.1 Å². The molecular formula is C33H44FN7O2S. The predicted molar refractivity (Wildman–Crippen MR) is 170 cm³/mol. The Hall–Kier alpha value is -3.31. The van der Waals surface area contributed by atoms with Gasteiger partial charge in [0.1, 0.15) is 5.82 Å². The van der Waals surface area contributed by atoms with Gasteiger partial charge in [0.05, 0.1) is 23.7 Å². The zero-order chi connectivity index (χ0) is 31.1. The highest BCUT2D eigenvalue weighted by Gasteiger charge is 2.46. The highest BCUT2D eigenvalue weighted by atomic mass is 32.1. The van der Waals surface area contributed by atoms with Crippen molar-refractivity contribution < 1.29 is 14.0 Å². The van der Waals surface area contributed by atoms with E-state index in [0.717, 1.165) is 55.8 Å². The fraction of sp³-hybridized carbons (Fsp3) is 0.576. The SMILES string of the molecule is CN(C(=O)c1ccc(-c2ccc(F)cc2)s1)C1CCN(C(=O)N(C)C2CCN(C3(Cn4ccnn4)CCC(C)(C)CC3)C2)C1. The number of aromatic nitrogens is 3. The van der Waals surface area contributed by atoms with Gasteiger partial charge in [-0.2, -0.15) is 0 Å². The molecule has 3 aromatic rings. The Labute approximate surface area is 263 Å². The molecule has 0 radical (unpaired) electrons. The van der Waals surface area contributed by atoms with Crippen LogP contribution in [0.2, 0.25) is 0 Å². The molecule has 2 saturated heterocycles. The number of rotatable bonds is 7. The minimum absolute atomic E-state index is 0.0298. The number of carbonyl (C=O) groups excluding carboxylic acids is 2. The van der Waals surface area contributed by atoms with Crippen molar-refractivity contribution in [3.8, 4) is 10.4 Å². The van der Waals surface area contributed by atoms with Gasteiger partial charge in [0.25, 0.3) is 5.91 Å². The van der Waals surface area contributed by atoms with Crippen LogP contribution in [0.5, 0.6) is 0 Å². The number of thiophene rings is 1. The molecule has 3 aliphatic rings. The van der Waals surface area contributed by atoms with Crippen LogP contribution in [0.25, 0.3) is 10.4 Å². The van der Waals surface area contributed by atoms with Crippen molar-refractivity contribution in [1.29, 1.82) is 0 Å². The van der Waals surface area contributed by atoms with Crippen LogP contribution in [0, 0.1) is 11.2 Å². The molecule has 236 valence electrons. The lowest BCUT2D eigenvalue weighted by Crippen LogP contribution is -2.55. The van der Waals surface area contributed by atoms with Crippen molar-refractivity contribution in [3.63, 3.8) is 0 Å². The smallest absolute Gasteiger partial charge is 0.320 e. The quantitative estimate of drug-likeness (QED) is 0.350. The molecule has 1 aliphatic carbocycles. The second kappa shape index (κ2) is 12.2. The van der Waals surface area contributed by atoms with E-state index in [-0.39, 0.29) is 35.4 Å². The lowest BCUT2D eigenvalue weighted by atomic mass is 9.68. The van der Waals surface area contributed by atoms with E-state index in [0.29, 0.717) is 23.4 Å². The molecule has 3 fully saturated rings. The molecule has 2 atom stereocenters. The number of hydrogen-bond donors (Lipinski definition) is 0. The van der Waals surface area contributed by atoms with E-state index in [9.17, 15) is 14.0 Å². The van der Waals surface area contributed by atoms with E-state index >= 15 is 0 Å². The van der Waals surface area contributed by atoms with Crippen LogP contribution in [0.4, 0.5) is 9.18 Å². The summed E-state index contributed by atoms with van der Waals surface area (Å²) in [6, 6.07) is 10.2. The number of halogens is 1. The predicted octanol–water partition coefficient (Wildman–Crippen LogP) is 5.46. The van der Waals surface area contributed by atoms with Crippen LogP contribution in [0.3, 0.4) is 0 Å². The third kappa shape index (κ3) is 6.26. The van der Waals surface area contributed by atoms with E-state index < -0.39 is 0 Å². The molecule has 0 bridgehead atoms. The average molecular weight is 622 g/mol. The molecule has 1 aromatic carbocycles. The number of benzene rings is 1. The lowest BCUT2D eigenvalue weighted by Gasteiger charge is -2.49. The summed E-state index contributed by atoms with van der Waals surface area (Å²) in [7, 11) is 3.77. The topological polar surface area (TPSA) is 77.8 Å². The van der Waals surface area contributed by atoms with Gasteiger partial charge in [0.2, 0.25) is 0 Å². The van der Waals surface area contributed by atoms with Gasteiger partial charge in [0.15, 0.2) is 0 Å². The Morgan fingerprint density at radius 2 is 1.66 bits per heavy atom. The lowest BCUT2D eigenvalue weighted by molar-refractivity contribution is 0.0130. The molecular weight excluding hydrogens is 577 g/mol. The summed E-state index contributed by atoms with van der Waals surface area (Å²) in [4.78, 5) is 36.9. The third-order valence-electron chi connectivity index (χ3n) is 10.4. The molecule has 3 amide bonds. The summed E-state index contributed by atoms with van der Waals surface area (Å²) in [6.07, 6.45) is 10.0. The van der Waals surface area contributed by atoms with Crippen LogP contribution in [0.1, 0.15) is 62.0 Å². The number of amides is 3. The van der Waals surface area contributed by atoms with Crippen molar-refractivity contribution in [1.82, 2.24) is 34.6 Å². The minimum atomic E-state index is -0.280. The molecule has 4 heterocycles. The van der Waals surface area contributed by atoms with Gasteiger partial charge >= 0.3 is 6.03 Å². The monoisotopic (exact) mass is 621 g/mol. The summed E-state index contributed by atoms with van der Waals surface area (Å²) in [6.45, 7) is 8.57. The van der Waals surface area contributed by atoms with Gasteiger partial charge in [-0.3, -0.25) is 14.4 Å². The first-order chi connectivity index (χ1) is 21.0. The van der Waals surface area contributed by atoms with Gasteiger partial charge in [-0.1, -0.05) is 31.2 Å². The largest absolute Gasteiger partial charge is 0.336 e.